The second-order valence-corrected chi connectivity index (χ2v) is 5.66. The van der Waals surface area contributed by atoms with Gasteiger partial charge in [-0.25, -0.2) is 0 Å². The predicted molar refractivity (Wildman–Crippen MR) is 82.2 cm³/mol. The molecule has 0 radical (unpaired) electrons. The lowest BCUT2D eigenvalue weighted by atomic mass is 9.93. The molecule has 21 heavy (non-hydrogen) atoms. The van der Waals surface area contributed by atoms with Crippen molar-refractivity contribution in [2.45, 2.75) is 57.8 Å². The topological polar surface area (TPSA) is 64.4 Å². The van der Waals surface area contributed by atoms with Crippen LogP contribution < -0.4 is 5.32 Å². The molecule has 5 heteroatoms. The Morgan fingerprint density at radius 1 is 1.24 bits per heavy atom. The SMILES string of the molecule is CCCNC1CCC(OCc2ccc([N+](=O)[O-])cc2)CC1. The third-order valence-corrected chi connectivity index (χ3v) is 3.99. The van der Waals surface area contributed by atoms with Crippen molar-refractivity contribution < 1.29 is 9.66 Å². The number of ether oxygens (including phenoxy) is 1. The molecule has 0 unspecified atom stereocenters. The lowest BCUT2D eigenvalue weighted by molar-refractivity contribution is -0.384. The number of hydrogen-bond donors (Lipinski definition) is 1. The maximum absolute atomic E-state index is 10.6. The molecule has 0 aliphatic heterocycles. The van der Waals surface area contributed by atoms with Gasteiger partial charge in [0.2, 0.25) is 0 Å². The fraction of sp³-hybridized carbons (Fsp3) is 0.625. The number of nitrogens with one attached hydrogen (secondary N) is 1. The van der Waals surface area contributed by atoms with Gasteiger partial charge in [-0.05, 0) is 56.3 Å². The zero-order valence-corrected chi connectivity index (χ0v) is 12.6. The molecule has 0 amide bonds. The fourth-order valence-electron chi connectivity index (χ4n) is 2.71. The van der Waals surface area contributed by atoms with Crippen molar-refractivity contribution >= 4 is 5.69 Å². The van der Waals surface area contributed by atoms with Gasteiger partial charge in [0.15, 0.2) is 0 Å². The minimum atomic E-state index is -0.380. The summed E-state index contributed by atoms with van der Waals surface area (Å²) < 4.78 is 5.92. The largest absolute Gasteiger partial charge is 0.374 e. The molecule has 1 saturated carbocycles. The molecule has 1 aromatic rings. The molecule has 5 nitrogen and oxygen atoms in total. The van der Waals surface area contributed by atoms with Gasteiger partial charge in [-0.2, -0.15) is 0 Å². The molecular weight excluding hydrogens is 268 g/mol. The maximum atomic E-state index is 10.6. The standard InChI is InChI=1S/C16H24N2O3/c1-2-11-17-14-5-9-16(10-6-14)21-12-13-3-7-15(8-4-13)18(19)20/h3-4,7-8,14,16-17H,2,5-6,9-12H2,1H3. The summed E-state index contributed by atoms with van der Waals surface area (Å²) in [5.74, 6) is 0. The number of nitro groups is 1. The Balaban J connectivity index is 1.70. The molecule has 2 rings (SSSR count). The van der Waals surface area contributed by atoms with Crippen LogP contribution in [0.5, 0.6) is 0 Å². The Bertz CT molecular complexity index is 439. The summed E-state index contributed by atoms with van der Waals surface area (Å²) in [6.07, 6.45) is 6.02. The number of rotatable bonds is 7. The highest BCUT2D eigenvalue weighted by molar-refractivity contribution is 5.32. The van der Waals surface area contributed by atoms with Crippen LogP contribution in [0.15, 0.2) is 24.3 Å². The van der Waals surface area contributed by atoms with Gasteiger partial charge < -0.3 is 10.1 Å². The molecule has 1 aliphatic rings. The first-order valence-electron chi connectivity index (χ1n) is 7.77. The monoisotopic (exact) mass is 292 g/mol. The van der Waals surface area contributed by atoms with Crippen molar-refractivity contribution in [3.63, 3.8) is 0 Å². The summed E-state index contributed by atoms with van der Waals surface area (Å²) in [7, 11) is 0. The van der Waals surface area contributed by atoms with E-state index in [0.717, 1.165) is 24.9 Å². The summed E-state index contributed by atoms with van der Waals surface area (Å²) in [5, 5.41) is 14.2. The van der Waals surface area contributed by atoms with Gasteiger partial charge in [0.1, 0.15) is 0 Å². The number of nitrogens with zero attached hydrogens (tertiary/aromatic N) is 1. The van der Waals surface area contributed by atoms with E-state index in [2.05, 4.69) is 12.2 Å². The van der Waals surface area contributed by atoms with E-state index in [-0.39, 0.29) is 10.6 Å². The van der Waals surface area contributed by atoms with Gasteiger partial charge in [0.05, 0.1) is 17.6 Å². The molecule has 1 aliphatic carbocycles. The van der Waals surface area contributed by atoms with E-state index >= 15 is 0 Å². The summed E-state index contributed by atoms with van der Waals surface area (Å²) in [4.78, 5) is 10.2. The molecule has 0 saturated heterocycles. The van der Waals surface area contributed by atoms with Gasteiger partial charge in [0.25, 0.3) is 5.69 Å². The average molecular weight is 292 g/mol. The first-order chi connectivity index (χ1) is 10.2. The van der Waals surface area contributed by atoms with Gasteiger partial charge in [-0.1, -0.05) is 6.92 Å². The first-order valence-corrected chi connectivity index (χ1v) is 7.77. The van der Waals surface area contributed by atoms with Crippen LogP contribution in [0.1, 0.15) is 44.6 Å². The van der Waals surface area contributed by atoms with Crippen LogP contribution in [0.2, 0.25) is 0 Å². The number of benzene rings is 1. The lowest BCUT2D eigenvalue weighted by Crippen LogP contribution is -2.35. The number of nitro benzene ring substituents is 1. The second-order valence-electron chi connectivity index (χ2n) is 5.66. The summed E-state index contributed by atoms with van der Waals surface area (Å²) in [5.41, 5.74) is 1.12. The van der Waals surface area contributed by atoms with Crippen molar-refractivity contribution in [3.8, 4) is 0 Å². The third-order valence-electron chi connectivity index (χ3n) is 3.99. The smallest absolute Gasteiger partial charge is 0.269 e. The molecule has 0 spiro atoms. The maximum Gasteiger partial charge on any atom is 0.269 e. The highest BCUT2D eigenvalue weighted by Gasteiger charge is 2.21. The third kappa shape index (κ3) is 5.10. The summed E-state index contributed by atoms with van der Waals surface area (Å²) in [6, 6.07) is 7.25. The van der Waals surface area contributed by atoms with Crippen LogP contribution in [0, 0.1) is 10.1 Å². The van der Waals surface area contributed by atoms with Crippen LogP contribution >= 0.6 is 0 Å². The van der Waals surface area contributed by atoms with E-state index in [1.54, 1.807) is 12.1 Å². The molecular formula is C16H24N2O3. The Morgan fingerprint density at radius 2 is 1.90 bits per heavy atom. The molecule has 0 heterocycles. The highest BCUT2D eigenvalue weighted by Crippen LogP contribution is 2.22. The molecule has 0 bridgehead atoms. The normalized spacial score (nSPS) is 22.1. The van der Waals surface area contributed by atoms with Gasteiger partial charge in [-0.3, -0.25) is 10.1 Å². The van der Waals surface area contributed by atoms with Crippen LogP contribution in [-0.2, 0) is 11.3 Å². The Hall–Kier alpha value is -1.46. The minimum absolute atomic E-state index is 0.126. The van der Waals surface area contributed by atoms with Crippen LogP contribution in [0.4, 0.5) is 5.69 Å². The van der Waals surface area contributed by atoms with E-state index < -0.39 is 0 Å². The molecule has 0 aromatic heterocycles. The van der Waals surface area contributed by atoms with Crippen LogP contribution in [0.25, 0.3) is 0 Å². The van der Waals surface area contributed by atoms with Crippen molar-refractivity contribution in [2.24, 2.45) is 0 Å². The van der Waals surface area contributed by atoms with Gasteiger partial charge in [-0.15, -0.1) is 0 Å². The van der Waals surface area contributed by atoms with Crippen molar-refractivity contribution in [1.29, 1.82) is 0 Å². The van der Waals surface area contributed by atoms with Gasteiger partial charge >= 0.3 is 0 Å². The summed E-state index contributed by atoms with van der Waals surface area (Å²) >= 11 is 0. The quantitative estimate of drug-likeness (QED) is 0.618. The molecule has 1 aromatic carbocycles. The minimum Gasteiger partial charge on any atom is -0.374 e. The van der Waals surface area contributed by atoms with E-state index in [1.165, 1.54) is 31.4 Å². The fourth-order valence-corrected chi connectivity index (χ4v) is 2.71. The Morgan fingerprint density at radius 3 is 2.48 bits per heavy atom. The second kappa shape index (κ2) is 8.10. The van der Waals surface area contributed by atoms with E-state index in [9.17, 15) is 10.1 Å². The van der Waals surface area contributed by atoms with Crippen molar-refractivity contribution in [2.75, 3.05) is 6.54 Å². The molecule has 1 N–H and O–H groups in total. The average Bonchev–Trinajstić information content (AvgIpc) is 2.52. The highest BCUT2D eigenvalue weighted by atomic mass is 16.6. The van der Waals surface area contributed by atoms with Crippen molar-refractivity contribution in [1.82, 2.24) is 5.32 Å². The zero-order valence-electron chi connectivity index (χ0n) is 12.6. The lowest BCUT2D eigenvalue weighted by Gasteiger charge is -2.29. The van der Waals surface area contributed by atoms with Gasteiger partial charge in [0, 0.05) is 18.2 Å². The molecule has 116 valence electrons. The zero-order chi connectivity index (χ0) is 15.1. The van der Waals surface area contributed by atoms with E-state index in [4.69, 9.17) is 4.74 Å². The predicted octanol–water partition coefficient (Wildman–Crippen LogP) is 3.42. The van der Waals surface area contributed by atoms with Crippen molar-refractivity contribution in [3.05, 3.63) is 39.9 Å². The van der Waals surface area contributed by atoms with E-state index in [0.29, 0.717) is 18.8 Å². The number of hydrogen-bond acceptors (Lipinski definition) is 4. The molecule has 1 fully saturated rings. The van der Waals surface area contributed by atoms with Crippen LogP contribution in [-0.4, -0.2) is 23.6 Å². The van der Waals surface area contributed by atoms with E-state index in [1.807, 2.05) is 0 Å². The Labute approximate surface area is 125 Å². The Kier molecular flexibility index (Phi) is 6.14. The molecule has 0 atom stereocenters. The van der Waals surface area contributed by atoms with Crippen LogP contribution in [0.3, 0.4) is 0 Å². The number of non-ortho nitro benzene ring substituents is 1. The summed E-state index contributed by atoms with van der Waals surface area (Å²) in [6.45, 7) is 3.82. The first kappa shape index (κ1) is 15.9.